The molecule has 1 nitrogen and oxygen atoms in total. The van der Waals surface area contributed by atoms with E-state index in [1.54, 1.807) is 0 Å². The standard InChI is InChI=1S/C13H26O/c1-4-10-7-11(5-2)13(9-14)12(6-3)8-10/h10-14H,4-9H2,1-3H3. The van der Waals surface area contributed by atoms with Crippen LogP contribution < -0.4 is 0 Å². The van der Waals surface area contributed by atoms with Gasteiger partial charge in [-0.25, -0.2) is 0 Å². The number of aliphatic hydroxyl groups excluding tert-OH is 1. The van der Waals surface area contributed by atoms with E-state index in [1.165, 1.54) is 32.1 Å². The molecule has 1 aliphatic rings. The quantitative estimate of drug-likeness (QED) is 0.733. The fourth-order valence-corrected chi connectivity index (χ4v) is 3.26. The van der Waals surface area contributed by atoms with E-state index in [4.69, 9.17) is 0 Å². The van der Waals surface area contributed by atoms with Crippen molar-refractivity contribution in [1.82, 2.24) is 0 Å². The van der Waals surface area contributed by atoms with Crippen molar-refractivity contribution in [2.45, 2.75) is 52.9 Å². The first-order valence-electron chi connectivity index (χ1n) is 6.37. The Morgan fingerprint density at radius 3 is 1.71 bits per heavy atom. The molecule has 0 radical (unpaired) electrons. The molecule has 1 saturated carbocycles. The van der Waals surface area contributed by atoms with Gasteiger partial charge in [0.05, 0.1) is 0 Å². The largest absolute Gasteiger partial charge is 0.396 e. The van der Waals surface area contributed by atoms with Crippen molar-refractivity contribution in [3.63, 3.8) is 0 Å². The maximum atomic E-state index is 9.45. The molecule has 84 valence electrons. The first kappa shape index (κ1) is 12.0. The molecule has 14 heavy (non-hydrogen) atoms. The second-order valence-corrected chi connectivity index (χ2v) is 4.93. The maximum Gasteiger partial charge on any atom is 0.0464 e. The molecule has 1 rings (SSSR count). The van der Waals surface area contributed by atoms with E-state index in [-0.39, 0.29) is 0 Å². The molecule has 1 heteroatoms. The number of hydrogen-bond donors (Lipinski definition) is 1. The SMILES string of the molecule is CCC1CC(CC)C(CO)C(CC)C1. The van der Waals surface area contributed by atoms with Gasteiger partial charge in [-0.3, -0.25) is 0 Å². The minimum Gasteiger partial charge on any atom is -0.396 e. The molecule has 2 unspecified atom stereocenters. The summed E-state index contributed by atoms with van der Waals surface area (Å²) in [7, 11) is 0. The van der Waals surface area contributed by atoms with Gasteiger partial charge in [0, 0.05) is 6.61 Å². The number of aliphatic hydroxyl groups is 1. The van der Waals surface area contributed by atoms with Crippen molar-refractivity contribution >= 4 is 0 Å². The van der Waals surface area contributed by atoms with Crippen molar-refractivity contribution in [2.75, 3.05) is 6.61 Å². The predicted molar refractivity (Wildman–Crippen MR) is 61.2 cm³/mol. The van der Waals surface area contributed by atoms with Crippen LogP contribution in [-0.4, -0.2) is 11.7 Å². The predicted octanol–water partition coefficient (Wildman–Crippen LogP) is 3.47. The van der Waals surface area contributed by atoms with Gasteiger partial charge in [-0.05, 0) is 36.5 Å². The number of hydrogen-bond acceptors (Lipinski definition) is 1. The monoisotopic (exact) mass is 198 g/mol. The zero-order valence-electron chi connectivity index (χ0n) is 10.00. The van der Waals surface area contributed by atoms with Gasteiger partial charge in [0.15, 0.2) is 0 Å². The van der Waals surface area contributed by atoms with Crippen molar-refractivity contribution in [3.05, 3.63) is 0 Å². The van der Waals surface area contributed by atoms with Gasteiger partial charge in [-0.1, -0.05) is 40.0 Å². The van der Waals surface area contributed by atoms with Crippen molar-refractivity contribution in [1.29, 1.82) is 0 Å². The third-order valence-corrected chi connectivity index (χ3v) is 4.32. The molecule has 0 heterocycles. The van der Waals surface area contributed by atoms with E-state index >= 15 is 0 Å². The second-order valence-electron chi connectivity index (χ2n) is 4.93. The summed E-state index contributed by atoms with van der Waals surface area (Å²) in [5, 5.41) is 9.45. The summed E-state index contributed by atoms with van der Waals surface area (Å²) < 4.78 is 0. The van der Waals surface area contributed by atoms with Gasteiger partial charge in [0.2, 0.25) is 0 Å². The molecule has 2 atom stereocenters. The number of rotatable bonds is 4. The Morgan fingerprint density at radius 2 is 1.43 bits per heavy atom. The van der Waals surface area contributed by atoms with E-state index in [2.05, 4.69) is 20.8 Å². The third-order valence-electron chi connectivity index (χ3n) is 4.32. The van der Waals surface area contributed by atoms with E-state index in [0.29, 0.717) is 12.5 Å². The zero-order chi connectivity index (χ0) is 10.6. The van der Waals surface area contributed by atoms with E-state index in [0.717, 1.165) is 17.8 Å². The molecule has 0 aliphatic heterocycles. The Hall–Kier alpha value is -0.0400. The molecule has 1 fully saturated rings. The molecule has 1 aliphatic carbocycles. The van der Waals surface area contributed by atoms with Crippen LogP contribution in [0.25, 0.3) is 0 Å². The van der Waals surface area contributed by atoms with E-state index < -0.39 is 0 Å². The second kappa shape index (κ2) is 5.75. The molecule has 0 aromatic heterocycles. The summed E-state index contributed by atoms with van der Waals surface area (Å²) >= 11 is 0. The van der Waals surface area contributed by atoms with Crippen LogP contribution >= 0.6 is 0 Å². The van der Waals surface area contributed by atoms with Gasteiger partial charge in [0.1, 0.15) is 0 Å². The van der Waals surface area contributed by atoms with E-state index in [1.807, 2.05) is 0 Å². The summed E-state index contributed by atoms with van der Waals surface area (Å²) in [6.07, 6.45) is 6.53. The third kappa shape index (κ3) is 2.50. The van der Waals surface area contributed by atoms with Crippen LogP contribution in [0.1, 0.15) is 52.9 Å². The molecule has 1 N–H and O–H groups in total. The topological polar surface area (TPSA) is 20.2 Å². The highest BCUT2D eigenvalue weighted by Crippen LogP contribution is 2.42. The Morgan fingerprint density at radius 1 is 0.929 bits per heavy atom. The molecule has 0 bridgehead atoms. The first-order chi connectivity index (χ1) is 6.76. The van der Waals surface area contributed by atoms with Gasteiger partial charge < -0.3 is 5.11 Å². The fourth-order valence-electron chi connectivity index (χ4n) is 3.26. The molecule has 0 amide bonds. The molecular weight excluding hydrogens is 172 g/mol. The lowest BCUT2D eigenvalue weighted by Crippen LogP contribution is -2.34. The van der Waals surface area contributed by atoms with E-state index in [9.17, 15) is 5.11 Å². The summed E-state index contributed by atoms with van der Waals surface area (Å²) in [5.41, 5.74) is 0. The minimum atomic E-state index is 0.410. The average molecular weight is 198 g/mol. The highest BCUT2D eigenvalue weighted by atomic mass is 16.3. The highest BCUT2D eigenvalue weighted by Gasteiger charge is 2.34. The lowest BCUT2D eigenvalue weighted by molar-refractivity contribution is 0.0470. The molecule has 0 spiro atoms. The van der Waals surface area contributed by atoms with Crippen LogP contribution in [-0.2, 0) is 0 Å². The molecular formula is C13H26O. The highest BCUT2D eigenvalue weighted by molar-refractivity contribution is 4.84. The smallest absolute Gasteiger partial charge is 0.0464 e. The normalized spacial score (nSPS) is 38.6. The first-order valence-corrected chi connectivity index (χ1v) is 6.37. The lowest BCUT2D eigenvalue weighted by atomic mass is 9.66. The lowest BCUT2D eigenvalue weighted by Gasteiger charge is -2.40. The van der Waals surface area contributed by atoms with Gasteiger partial charge in [-0.2, -0.15) is 0 Å². The van der Waals surface area contributed by atoms with Crippen LogP contribution in [0.4, 0.5) is 0 Å². The van der Waals surface area contributed by atoms with Gasteiger partial charge >= 0.3 is 0 Å². The summed E-state index contributed by atoms with van der Waals surface area (Å²) in [5.74, 6) is 3.08. The Balaban J connectivity index is 2.63. The minimum absolute atomic E-state index is 0.410. The van der Waals surface area contributed by atoms with Crippen LogP contribution in [0, 0.1) is 23.7 Å². The zero-order valence-corrected chi connectivity index (χ0v) is 10.00. The van der Waals surface area contributed by atoms with Crippen molar-refractivity contribution in [3.8, 4) is 0 Å². The van der Waals surface area contributed by atoms with Gasteiger partial charge in [-0.15, -0.1) is 0 Å². The Kier molecular flexibility index (Phi) is 4.94. The van der Waals surface area contributed by atoms with Gasteiger partial charge in [0.25, 0.3) is 0 Å². The molecule has 0 aromatic rings. The average Bonchev–Trinajstić information content (AvgIpc) is 2.26. The Bertz CT molecular complexity index is 141. The van der Waals surface area contributed by atoms with Crippen LogP contribution in [0.3, 0.4) is 0 Å². The van der Waals surface area contributed by atoms with Crippen LogP contribution in [0.2, 0.25) is 0 Å². The summed E-state index contributed by atoms with van der Waals surface area (Å²) in [6, 6.07) is 0. The Labute approximate surface area is 88.9 Å². The van der Waals surface area contributed by atoms with Crippen molar-refractivity contribution in [2.24, 2.45) is 23.7 Å². The van der Waals surface area contributed by atoms with Crippen LogP contribution in [0.15, 0.2) is 0 Å². The fraction of sp³-hybridized carbons (Fsp3) is 1.00. The summed E-state index contributed by atoms with van der Waals surface area (Å²) in [6.45, 7) is 7.27. The van der Waals surface area contributed by atoms with Crippen LogP contribution in [0.5, 0.6) is 0 Å². The summed E-state index contributed by atoms with van der Waals surface area (Å²) in [4.78, 5) is 0. The van der Waals surface area contributed by atoms with Crippen molar-refractivity contribution < 1.29 is 5.11 Å². The molecule has 0 aromatic carbocycles. The molecule has 0 saturated heterocycles. The maximum absolute atomic E-state index is 9.45.